The van der Waals surface area contributed by atoms with E-state index < -0.39 is 0 Å². The second-order valence-electron chi connectivity index (χ2n) is 5.42. The van der Waals surface area contributed by atoms with Gasteiger partial charge in [-0.25, -0.2) is 0 Å². The molecule has 0 radical (unpaired) electrons. The average Bonchev–Trinajstić information content (AvgIpc) is 3.07. The molecular formula is C20H19NO4. The van der Waals surface area contributed by atoms with Crippen LogP contribution in [0, 0.1) is 0 Å². The number of hydrogen-bond donors (Lipinski definition) is 1. The number of methoxy groups -OCH3 is 3. The van der Waals surface area contributed by atoms with Gasteiger partial charge in [-0.15, -0.1) is 0 Å². The maximum absolute atomic E-state index is 12.4. The minimum absolute atomic E-state index is 0.113. The molecule has 3 rings (SSSR count). The number of fused-ring (bicyclic) bond motifs is 1. The predicted octanol–water partition coefficient (Wildman–Crippen LogP) is 4.09. The molecular weight excluding hydrogens is 318 g/mol. The van der Waals surface area contributed by atoms with Crippen LogP contribution < -0.4 is 14.2 Å². The lowest BCUT2D eigenvalue weighted by atomic mass is 10.1. The van der Waals surface area contributed by atoms with Crippen LogP contribution in [0.4, 0.5) is 0 Å². The molecule has 0 aliphatic carbocycles. The van der Waals surface area contributed by atoms with Crippen LogP contribution in [-0.4, -0.2) is 32.1 Å². The van der Waals surface area contributed by atoms with Crippen LogP contribution in [0.15, 0.2) is 48.7 Å². The molecule has 1 aromatic heterocycles. The molecule has 0 spiro atoms. The van der Waals surface area contributed by atoms with Crippen LogP contribution in [0.1, 0.15) is 15.9 Å². The molecule has 128 valence electrons. The van der Waals surface area contributed by atoms with Gasteiger partial charge in [-0.2, -0.15) is 0 Å². The Hall–Kier alpha value is -3.21. The quantitative estimate of drug-likeness (QED) is 0.544. The summed E-state index contributed by atoms with van der Waals surface area (Å²) >= 11 is 0. The average molecular weight is 337 g/mol. The molecule has 1 heterocycles. The second kappa shape index (κ2) is 7.13. The van der Waals surface area contributed by atoms with Crippen molar-refractivity contribution in [2.75, 3.05) is 21.3 Å². The van der Waals surface area contributed by atoms with Crippen LogP contribution in [0.5, 0.6) is 17.2 Å². The van der Waals surface area contributed by atoms with E-state index in [0.29, 0.717) is 17.1 Å². The van der Waals surface area contributed by atoms with Gasteiger partial charge in [-0.3, -0.25) is 4.79 Å². The summed E-state index contributed by atoms with van der Waals surface area (Å²) in [5, 5.41) is 0.996. The van der Waals surface area contributed by atoms with Gasteiger partial charge in [0, 0.05) is 28.2 Å². The molecule has 2 aromatic carbocycles. The Bertz CT molecular complexity index is 940. The van der Waals surface area contributed by atoms with Crippen LogP contribution in [0.2, 0.25) is 0 Å². The Labute approximate surface area is 145 Å². The largest absolute Gasteiger partial charge is 0.497 e. The molecule has 25 heavy (non-hydrogen) atoms. The van der Waals surface area contributed by atoms with Crippen molar-refractivity contribution in [3.05, 3.63) is 59.8 Å². The number of H-pyrrole nitrogens is 1. The van der Waals surface area contributed by atoms with E-state index in [-0.39, 0.29) is 5.78 Å². The number of benzene rings is 2. The highest BCUT2D eigenvalue weighted by atomic mass is 16.5. The van der Waals surface area contributed by atoms with E-state index in [4.69, 9.17) is 14.2 Å². The van der Waals surface area contributed by atoms with Crippen LogP contribution >= 0.6 is 0 Å². The first kappa shape index (κ1) is 16.6. The number of ketones is 1. The van der Waals surface area contributed by atoms with Gasteiger partial charge in [0.15, 0.2) is 17.3 Å². The normalized spacial score (nSPS) is 11.0. The highest BCUT2D eigenvalue weighted by Gasteiger charge is 2.09. The Kier molecular flexibility index (Phi) is 4.75. The standard InChI is InChI=1S/C20H19NO4/c1-23-15-6-7-17-16(11-15)14(12-21-17)4-8-18(22)13-5-9-19(24-2)20(10-13)25-3/h4-12,21H,1-3H3/b8-4+. The Morgan fingerprint density at radius 1 is 0.960 bits per heavy atom. The summed E-state index contributed by atoms with van der Waals surface area (Å²) in [7, 11) is 4.73. The van der Waals surface area contributed by atoms with Crippen molar-refractivity contribution < 1.29 is 19.0 Å². The fraction of sp³-hybridized carbons (Fsp3) is 0.150. The number of carbonyl (C=O) groups excluding carboxylic acids is 1. The van der Waals surface area contributed by atoms with Crippen molar-refractivity contribution in [1.29, 1.82) is 0 Å². The highest BCUT2D eigenvalue weighted by Crippen LogP contribution is 2.28. The molecule has 0 saturated carbocycles. The van der Waals surface area contributed by atoms with Crippen LogP contribution in [0.25, 0.3) is 17.0 Å². The summed E-state index contributed by atoms with van der Waals surface area (Å²) in [6, 6.07) is 10.9. The van der Waals surface area contributed by atoms with Crippen LogP contribution in [-0.2, 0) is 0 Å². The van der Waals surface area contributed by atoms with Gasteiger partial charge in [0.1, 0.15) is 5.75 Å². The summed E-state index contributed by atoms with van der Waals surface area (Å²) in [4.78, 5) is 15.6. The van der Waals surface area contributed by atoms with E-state index in [9.17, 15) is 4.79 Å². The Morgan fingerprint density at radius 3 is 2.48 bits per heavy atom. The molecule has 5 heteroatoms. The van der Waals surface area contributed by atoms with Gasteiger partial charge in [0.25, 0.3) is 0 Å². The number of rotatable bonds is 6. The topological polar surface area (TPSA) is 60.6 Å². The monoisotopic (exact) mass is 337 g/mol. The zero-order valence-corrected chi connectivity index (χ0v) is 14.3. The van der Waals surface area contributed by atoms with Gasteiger partial charge in [-0.1, -0.05) is 0 Å². The Morgan fingerprint density at radius 2 is 1.76 bits per heavy atom. The minimum atomic E-state index is -0.113. The van der Waals surface area contributed by atoms with Crippen molar-refractivity contribution in [3.8, 4) is 17.2 Å². The fourth-order valence-corrected chi connectivity index (χ4v) is 2.64. The van der Waals surface area contributed by atoms with E-state index in [2.05, 4.69) is 4.98 Å². The first-order valence-electron chi connectivity index (χ1n) is 7.76. The summed E-state index contributed by atoms with van der Waals surface area (Å²) < 4.78 is 15.7. The molecule has 1 N–H and O–H groups in total. The molecule has 3 aromatic rings. The number of aromatic nitrogens is 1. The summed E-state index contributed by atoms with van der Waals surface area (Å²) in [5.41, 5.74) is 2.44. The zero-order valence-electron chi connectivity index (χ0n) is 14.3. The number of aromatic amines is 1. The van der Waals surface area contributed by atoms with Gasteiger partial charge in [0.05, 0.1) is 21.3 Å². The molecule has 0 atom stereocenters. The molecule has 0 aliphatic heterocycles. The fourth-order valence-electron chi connectivity index (χ4n) is 2.64. The third kappa shape index (κ3) is 3.35. The predicted molar refractivity (Wildman–Crippen MR) is 97.8 cm³/mol. The molecule has 0 aliphatic rings. The molecule has 0 bridgehead atoms. The number of hydrogen-bond acceptors (Lipinski definition) is 4. The molecule has 0 saturated heterocycles. The van der Waals surface area contributed by atoms with Crippen molar-refractivity contribution in [2.45, 2.75) is 0 Å². The summed E-state index contributed by atoms with van der Waals surface area (Å²) in [6.45, 7) is 0. The van der Waals surface area contributed by atoms with Gasteiger partial charge < -0.3 is 19.2 Å². The number of nitrogens with one attached hydrogen (secondary N) is 1. The number of carbonyl (C=O) groups is 1. The molecule has 0 unspecified atom stereocenters. The minimum Gasteiger partial charge on any atom is -0.497 e. The first-order chi connectivity index (χ1) is 12.2. The smallest absolute Gasteiger partial charge is 0.185 e. The second-order valence-corrected chi connectivity index (χ2v) is 5.42. The number of ether oxygens (including phenoxy) is 3. The summed E-state index contributed by atoms with van der Waals surface area (Å²) in [5.74, 6) is 1.77. The van der Waals surface area contributed by atoms with E-state index in [0.717, 1.165) is 22.2 Å². The summed E-state index contributed by atoms with van der Waals surface area (Å²) in [6.07, 6.45) is 5.20. The van der Waals surface area contributed by atoms with Crippen molar-refractivity contribution >= 4 is 22.8 Å². The lowest BCUT2D eigenvalue weighted by Gasteiger charge is -2.07. The first-order valence-corrected chi connectivity index (χ1v) is 7.76. The van der Waals surface area contributed by atoms with Crippen LogP contribution in [0.3, 0.4) is 0 Å². The van der Waals surface area contributed by atoms with E-state index in [1.165, 1.54) is 0 Å². The maximum Gasteiger partial charge on any atom is 0.185 e. The van der Waals surface area contributed by atoms with E-state index in [1.807, 2.05) is 24.4 Å². The van der Waals surface area contributed by atoms with Gasteiger partial charge >= 0.3 is 0 Å². The zero-order chi connectivity index (χ0) is 17.8. The molecule has 0 fully saturated rings. The number of allylic oxidation sites excluding steroid dienone is 1. The third-order valence-electron chi connectivity index (χ3n) is 4.00. The van der Waals surface area contributed by atoms with Gasteiger partial charge in [0.2, 0.25) is 0 Å². The molecule has 5 nitrogen and oxygen atoms in total. The van der Waals surface area contributed by atoms with Crippen molar-refractivity contribution in [1.82, 2.24) is 4.98 Å². The lowest BCUT2D eigenvalue weighted by molar-refractivity contribution is 0.104. The van der Waals surface area contributed by atoms with E-state index in [1.54, 1.807) is 51.7 Å². The van der Waals surface area contributed by atoms with E-state index >= 15 is 0 Å². The maximum atomic E-state index is 12.4. The van der Waals surface area contributed by atoms with Crippen molar-refractivity contribution in [3.63, 3.8) is 0 Å². The lowest BCUT2D eigenvalue weighted by Crippen LogP contribution is -1.97. The van der Waals surface area contributed by atoms with Gasteiger partial charge in [-0.05, 0) is 48.6 Å². The highest BCUT2D eigenvalue weighted by molar-refractivity contribution is 6.08. The van der Waals surface area contributed by atoms with Crippen molar-refractivity contribution in [2.24, 2.45) is 0 Å². The molecule has 0 amide bonds. The Balaban J connectivity index is 1.88. The SMILES string of the molecule is COc1ccc2[nH]cc(/C=C/C(=O)c3ccc(OC)c(OC)c3)c2c1. The third-order valence-corrected chi connectivity index (χ3v) is 4.00.